The molecule has 0 saturated heterocycles. The van der Waals surface area contributed by atoms with E-state index in [2.05, 4.69) is 5.32 Å². The number of anilines is 1. The minimum absolute atomic E-state index is 0.0242. The molecule has 0 aliphatic rings. The van der Waals surface area contributed by atoms with Gasteiger partial charge in [0.15, 0.2) is 0 Å². The van der Waals surface area contributed by atoms with E-state index >= 15 is 0 Å². The van der Waals surface area contributed by atoms with Crippen molar-refractivity contribution in [3.8, 4) is 0 Å². The zero-order valence-corrected chi connectivity index (χ0v) is 9.83. The zero-order chi connectivity index (χ0) is 12.0. The molecule has 0 aliphatic heterocycles. The van der Waals surface area contributed by atoms with Crippen molar-refractivity contribution in [1.29, 1.82) is 0 Å². The minimum atomic E-state index is -0.242. The molecule has 0 heterocycles. The third-order valence-corrected chi connectivity index (χ3v) is 2.31. The molecule has 3 N–H and O–H groups in total. The molecule has 1 atom stereocenters. The summed E-state index contributed by atoms with van der Waals surface area (Å²) in [5, 5.41) is 3.16. The van der Waals surface area contributed by atoms with Crippen LogP contribution in [0.2, 0.25) is 5.02 Å². The molecule has 0 fully saturated rings. The molecule has 16 heavy (non-hydrogen) atoms. The van der Waals surface area contributed by atoms with E-state index in [1.807, 2.05) is 6.92 Å². The van der Waals surface area contributed by atoms with Crippen molar-refractivity contribution in [3.63, 3.8) is 0 Å². The number of rotatable bonds is 5. The van der Waals surface area contributed by atoms with Crippen molar-refractivity contribution in [2.24, 2.45) is 5.73 Å². The highest BCUT2D eigenvalue weighted by molar-refractivity contribution is 6.33. The molecule has 1 aromatic carbocycles. The molecule has 1 unspecified atom stereocenters. The zero-order valence-electron chi connectivity index (χ0n) is 9.07. The fourth-order valence-electron chi connectivity index (χ4n) is 1.03. The lowest BCUT2D eigenvalue weighted by Crippen LogP contribution is -2.26. The standard InChI is InChI=1S/C11H15ClN2O2/c1-8(6-13)16-7-11(15)14-10-5-3-2-4-9(10)12/h2-5,8H,6-7,13H2,1H3,(H,14,15). The topological polar surface area (TPSA) is 64.3 Å². The maximum atomic E-state index is 11.4. The van der Waals surface area contributed by atoms with Crippen LogP contribution in [0.5, 0.6) is 0 Å². The van der Waals surface area contributed by atoms with Crippen molar-refractivity contribution in [3.05, 3.63) is 29.3 Å². The van der Waals surface area contributed by atoms with Gasteiger partial charge in [-0.05, 0) is 19.1 Å². The molecule has 5 heteroatoms. The molecule has 1 amide bonds. The van der Waals surface area contributed by atoms with Crippen LogP contribution >= 0.6 is 11.6 Å². The Labute approximate surface area is 99.7 Å². The SMILES string of the molecule is CC(CN)OCC(=O)Nc1ccccc1Cl. The maximum Gasteiger partial charge on any atom is 0.250 e. The molecule has 4 nitrogen and oxygen atoms in total. The van der Waals surface area contributed by atoms with Crippen molar-refractivity contribution in [2.45, 2.75) is 13.0 Å². The number of ether oxygens (including phenoxy) is 1. The second kappa shape index (κ2) is 6.48. The average Bonchev–Trinajstić information content (AvgIpc) is 2.29. The van der Waals surface area contributed by atoms with Crippen LogP contribution < -0.4 is 11.1 Å². The quantitative estimate of drug-likeness (QED) is 0.825. The number of carbonyl (C=O) groups is 1. The predicted molar refractivity (Wildman–Crippen MR) is 64.6 cm³/mol. The third kappa shape index (κ3) is 4.18. The van der Waals surface area contributed by atoms with Crippen LogP contribution in [0.15, 0.2) is 24.3 Å². The second-order valence-corrected chi connectivity index (χ2v) is 3.79. The smallest absolute Gasteiger partial charge is 0.250 e. The van der Waals surface area contributed by atoms with E-state index in [9.17, 15) is 4.79 Å². The maximum absolute atomic E-state index is 11.4. The first-order valence-electron chi connectivity index (χ1n) is 4.99. The van der Waals surface area contributed by atoms with Crippen LogP contribution in [-0.2, 0) is 9.53 Å². The number of amides is 1. The molecule has 0 radical (unpaired) electrons. The largest absolute Gasteiger partial charge is 0.367 e. The van der Waals surface area contributed by atoms with Gasteiger partial charge >= 0.3 is 0 Å². The Morgan fingerprint density at radius 3 is 2.88 bits per heavy atom. The summed E-state index contributed by atoms with van der Waals surface area (Å²) in [6.45, 7) is 2.17. The number of hydrogen-bond donors (Lipinski definition) is 2. The normalized spacial score (nSPS) is 12.2. The summed E-state index contributed by atoms with van der Waals surface area (Å²) in [7, 11) is 0. The molecule has 88 valence electrons. The fourth-order valence-corrected chi connectivity index (χ4v) is 1.22. The molecule has 0 saturated carbocycles. The Bertz CT molecular complexity index is 358. The lowest BCUT2D eigenvalue weighted by molar-refractivity contribution is -0.122. The third-order valence-electron chi connectivity index (χ3n) is 1.98. The van der Waals surface area contributed by atoms with E-state index in [1.54, 1.807) is 24.3 Å². The summed E-state index contributed by atoms with van der Waals surface area (Å²) in [5.41, 5.74) is 5.94. The number of halogens is 1. The van der Waals surface area contributed by atoms with Crippen LogP contribution in [0.25, 0.3) is 0 Å². The predicted octanol–water partition coefficient (Wildman–Crippen LogP) is 1.64. The molecule has 1 rings (SSSR count). The number of nitrogens with one attached hydrogen (secondary N) is 1. The van der Waals surface area contributed by atoms with Gasteiger partial charge in [-0.1, -0.05) is 23.7 Å². The molecule has 1 aromatic rings. The number of carbonyl (C=O) groups excluding carboxylic acids is 1. The van der Waals surface area contributed by atoms with Crippen LogP contribution in [0.3, 0.4) is 0 Å². The van der Waals surface area contributed by atoms with Crippen molar-refractivity contribution in [1.82, 2.24) is 0 Å². The second-order valence-electron chi connectivity index (χ2n) is 3.39. The van der Waals surface area contributed by atoms with Gasteiger partial charge in [0.1, 0.15) is 6.61 Å². The monoisotopic (exact) mass is 242 g/mol. The minimum Gasteiger partial charge on any atom is -0.367 e. The average molecular weight is 243 g/mol. The molecule has 0 bridgehead atoms. The van der Waals surface area contributed by atoms with Gasteiger partial charge in [-0.3, -0.25) is 4.79 Å². The van der Waals surface area contributed by atoms with E-state index in [0.29, 0.717) is 17.3 Å². The Morgan fingerprint density at radius 1 is 1.56 bits per heavy atom. The van der Waals surface area contributed by atoms with E-state index < -0.39 is 0 Å². The van der Waals surface area contributed by atoms with Gasteiger partial charge in [0, 0.05) is 6.54 Å². The summed E-state index contributed by atoms with van der Waals surface area (Å²) in [6.07, 6.45) is -0.128. The molecule has 0 spiro atoms. The van der Waals surface area contributed by atoms with Crippen LogP contribution in [0.4, 0.5) is 5.69 Å². The molecular weight excluding hydrogens is 228 g/mol. The number of hydrogen-bond acceptors (Lipinski definition) is 3. The van der Waals surface area contributed by atoms with Gasteiger partial charge in [0.25, 0.3) is 0 Å². The highest BCUT2D eigenvalue weighted by Crippen LogP contribution is 2.20. The van der Waals surface area contributed by atoms with Crippen LogP contribution in [0, 0.1) is 0 Å². The van der Waals surface area contributed by atoms with E-state index in [4.69, 9.17) is 22.1 Å². The highest BCUT2D eigenvalue weighted by atomic mass is 35.5. The first kappa shape index (κ1) is 13.0. The van der Waals surface area contributed by atoms with Crippen LogP contribution in [-0.4, -0.2) is 25.2 Å². The van der Waals surface area contributed by atoms with Gasteiger partial charge in [0.2, 0.25) is 5.91 Å². The summed E-state index contributed by atoms with van der Waals surface area (Å²) >= 11 is 5.88. The van der Waals surface area contributed by atoms with Crippen molar-refractivity contribution >= 4 is 23.2 Å². The highest BCUT2D eigenvalue weighted by Gasteiger charge is 2.07. The number of nitrogens with two attached hydrogens (primary N) is 1. The van der Waals surface area contributed by atoms with Gasteiger partial charge in [-0.25, -0.2) is 0 Å². The Kier molecular flexibility index (Phi) is 5.25. The van der Waals surface area contributed by atoms with Gasteiger partial charge in [-0.15, -0.1) is 0 Å². The number of para-hydroxylation sites is 1. The lowest BCUT2D eigenvalue weighted by atomic mass is 10.3. The summed E-state index contributed by atoms with van der Waals surface area (Å²) < 4.78 is 5.18. The van der Waals surface area contributed by atoms with Crippen LogP contribution in [0.1, 0.15) is 6.92 Å². The Hall–Kier alpha value is -1.10. The first-order chi connectivity index (χ1) is 7.63. The number of benzene rings is 1. The van der Waals surface area contributed by atoms with E-state index in [0.717, 1.165) is 0 Å². The summed E-state index contributed by atoms with van der Waals surface area (Å²) in [4.78, 5) is 11.4. The summed E-state index contributed by atoms with van der Waals surface area (Å²) in [6, 6.07) is 7.03. The first-order valence-corrected chi connectivity index (χ1v) is 5.37. The van der Waals surface area contributed by atoms with Crippen molar-refractivity contribution < 1.29 is 9.53 Å². The van der Waals surface area contributed by atoms with Crippen molar-refractivity contribution in [2.75, 3.05) is 18.5 Å². The summed E-state index contributed by atoms with van der Waals surface area (Å²) in [5.74, 6) is -0.242. The fraction of sp³-hybridized carbons (Fsp3) is 0.364. The molecular formula is C11H15ClN2O2. The Balaban J connectivity index is 2.43. The molecule has 0 aromatic heterocycles. The van der Waals surface area contributed by atoms with Gasteiger partial charge < -0.3 is 15.8 Å². The van der Waals surface area contributed by atoms with E-state index in [1.165, 1.54) is 0 Å². The lowest BCUT2D eigenvalue weighted by Gasteiger charge is -2.11. The van der Waals surface area contributed by atoms with E-state index in [-0.39, 0.29) is 18.6 Å². The van der Waals surface area contributed by atoms with Gasteiger partial charge in [-0.2, -0.15) is 0 Å². The Morgan fingerprint density at radius 2 is 2.25 bits per heavy atom. The van der Waals surface area contributed by atoms with Gasteiger partial charge in [0.05, 0.1) is 16.8 Å². The molecule has 0 aliphatic carbocycles.